The molecule has 0 bridgehead atoms. The molecule has 2 rings (SSSR count). The van der Waals surface area contributed by atoms with Gasteiger partial charge in [-0.05, 0) is 36.0 Å². The van der Waals surface area contributed by atoms with Crippen molar-refractivity contribution in [1.82, 2.24) is 0 Å². The van der Waals surface area contributed by atoms with Crippen molar-refractivity contribution in [2.24, 2.45) is 0 Å². The molecule has 0 saturated heterocycles. The number of Topliss-reactive ketones (excluding diaryl/α,β-unsaturated/α-hetero) is 2. The number of carbonyl (C=O) groups excluding carboxylic acids is 2. The Balaban J connectivity index is 1.77. The molecule has 2 aromatic carbocycles. The first-order chi connectivity index (χ1) is 15.1. The number of rotatable bonds is 16. The molecule has 0 aliphatic rings. The highest BCUT2D eigenvalue weighted by Gasteiger charge is 2.11. The summed E-state index contributed by atoms with van der Waals surface area (Å²) in [4.78, 5) is 24.2. The van der Waals surface area contributed by atoms with Gasteiger partial charge in [-0.1, -0.05) is 114 Å². The molecule has 0 heterocycles. The molecule has 0 fully saturated rings. The summed E-state index contributed by atoms with van der Waals surface area (Å²) >= 11 is 0. The Morgan fingerprint density at radius 3 is 1.71 bits per heavy atom. The van der Waals surface area contributed by atoms with Crippen LogP contribution >= 0.6 is 0 Å². The normalized spacial score (nSPS) is 10.9. The van der Waals surface area contributed by atoms with Gasteiger partial charge in [0, 0.05) is 12.0 Å². The molecule has 0 saturated carbocycles. The predicted octanol–water partition coefficient (Wildman–Crippen LogP) is 8.37. The molecular formula is C29H40O2. The van der Waals surface area contributed by atoms with Gasteiger partial charge in [0.1, 0.15) is 5.78 Å². The van der Waals surface area contributed by atoms with Crippen LogP contribution in [0.3, 0.4) is 0 Å². The van der Waals surface area contributed by atoms with E-state index in [1.807, 2.05) is 24.3 Å². The second-order valence-corrected chi connectivity index (χ2v) is 8.74. The molecule has 0 atom stereocenters. The minimum atomic E-state index is -0.0756. The first-order valence-corrected chi connectivity index (χ1v) is 12.4. The van der Waals surface area contributed by atoms with E-state index in [-0.39, 0.29) is 18.0 Å². The van der Waals surface area contributed by atoms with E-state index < -0.39 is 0 Å². The summed E-state index contributed by atoms with van der Waals surface area (Å²) in [5.41, 5.74) is 4.29. The van der Waals surface area contributed by atoms with E-state index in [2.05, 4.69) is 38.1 Å². The summed E-state index contributed by atoms with van der Waals surface area (Å²) in [7, 11) is 0. The van der Waals surface area contributed by atoms with Crippen LogP contribution in [0.5, 0.6) is 0 Å². The lowest BCUT2D eigenvalue weighted by Crippen LogP contribution is -2.07. The largest absolute Gasteiger partial charge is 0.299 e. The van der Waals surface area contributed by atoms with Crippen molar-refractivity contribution in [1.29, 1.82) is 0 Å². The van der Waals surface area contributed by atoms with Gasteiger partial charge in [0.25, 0.3) is 0 Å². The fraction of sp³-hybridized carbons (Fsp3) is 0.517. The Hall–Kier alpha value is -2.22. The minimum Gasteiger partial charge on any atom is -0.299 e. The van der Waals surface area contributed by atoms with Crippen LogP contribution in [0.25, 0.3) is 11.1 Å². The third-order valence-corrected chi connectivity index (χ3v) is 5.98. The SMILES string of the molecule is CCCCCCCCCCc1ccc(-c2ccc(C(=O)CC(=O)CCCC)cc2)cc1. The lowest BCUT2D eigenvalue weighted by molar-refractivity contribution is -0.118. The van der Waals surface area contributed by atoms with Crippen LogP contribution in [0.15, 0.2) is 48.5 Å². The van der Waals surface area contributed by atoms with Gasteiger partial charge in [0.2, 0.25) is 0 Å². The van der Waals surface area contributed by atoms with Crippen molar-refractivity contribution >= 4 is 11.6 Å². The molecule has 2 aromatic rings. The van der Waals surface area contributed by atoms with E-state index in [1.165, 1.54) is 56.9 Å². The summed E-state index contributed by atoms with van der Waals surface area (Å²) in [5.74, 6) is -0.0311. The average Bonchev–Trinajstić information content (AvgIpc) is 2.80. The third-order valence-electron chi connectivity index (χ3n) is 5.98. The van der Waals surface area contributed by atoms with Crippen molar-refractivity contribution in [2.75, 3.05) is 0 Å². The molecule has 0 spiro atoms. The molecule has 0 aromatic heterocycles. The van der Waals surface area contributed by atoms with Crippen LogP contribution in [0.4, 0.5) is 0 Å². The van der Waals surface area contributed by atoms with Crippen LogP contribution in [-0.2, 0) is 11.2 Å². The maximum atomic E-state index is 12.3. The lowest BCUT2D eigenvalue weighted by atomic mass is 9.98. The molecule has 0 aliphatic heterocycles. The number of aryl methyl sites for hydroxylation is 1. The fourth-order valence-electron chi connectivity index (χ4n) is 3.92. The third kappa shape index (κ3) is 9.63. The second-order valence-electron chi connectivity index (χ2n) is 8.74. The van der Waals surface area contributed by atoms with Crippen molar-refractivity contribution in [2.45, 2.75) is 97.3 Å². The van der Waals surface area contributed by atoms with E-state index in [9.17, 15) is 9.59 Å². The molecule has 2 nitrogen and oxygen atoms in total. The number of hydrogen-bond donors (Lipinski definition) is 0. The molecule has 0 unspecified atom stereocenters. The van der Waals surface area contributed by atoms with Crippen LogP contribution in [0.2, 0.25) is 0 Å². The fourth-order valence-corrected chi connectivity index (χ4v) is 3.92. The molecule has 0 amide bonds. The predicted molar refractivity (Wildman–Crippen MR) is 132 cm³/mol. The van der Waals surface area contributed by atoms with Gasteiger partial charge < -0.3 is 0 Å². The maximum absolute atomic E-state index is 12.3. The molecule has 0 aliphatic carbocycles. The highest BCUT2D eigenvalue weighted by Crippen LogP contribution is 2.22. The zero-order valence-corrected chi connectivity index (χ0v) is 19.6. The Morgan fingerprint density at radius 2 is 1.13 bits per heavy atom. The zero-order valence-electron chi connectivity index (χ0n) is 19.6. The standard InChI is InChI=1S/C29H40O2/c1-3-5-7-8-9-10-11-12-13-24-15-17-25(18-16-24)26-19-21-27(22-20-26)29(31)23-28(30)14-6-4-2/h15-22H,3-14,23H2,1-2H3. The zero-order chi connectivity index (χ0) is 22.3. The Morgan fingerprint density at radius 1 is 0.613 bits per heavy atom. The lowest BCUT2D eigenvalue weighted by Gasteiger charge is -2.07. The number of ketones is 2. The summed E-state index contributed by atoms with van der Waals surface area (Å²) in [6.45, 7) is 4.32. The van der Waals surface area contributed by atoms with E-state index >= 15 is 0 Å². The minimum absolute atomic E-state index is 0.0206. The van der Waals surface area contributed by atoms with E-state index in [1.54, 1.807) is 0 Å². The van der Waals surface area contributed by atoms with E-state index in [0.717, 1.165) is 30.4 Å². The summed E-state index contributed by atoms with van der Waals surface area (Å²) in [6, 6.07) is 16.5. The smallest absolute Gasteiger partial charge is 0.170 e. The van der Waals surface area contributed by atoms with Crippen molar-refractivity contribution in [3.8, 4) is 11.1 Å². The van der Waals surface area contributed by atoms with Crippen LogP contribution in [0, 0.1) is 0 Å². The Labute approximate surface area is 189 Å². The molecule has 168 valence electrons. The maximum Gasteiger partial charge on any atom is 0.170 e. The number of unbranched alkanes of at least 4 members (excludes halogenated alkanes) is 8. The summed E-state index contributed by atoms with van der Waals surface area (Å²) in [6.07, 6.45) is 14.3. The topological polar surface area (TPSA) is 34.1 Å². The van der Waals surface area contributed by atoms with E-state index in [0.29, 0.717) is 12.0 Å². The van der Waals surface area contributed by atoms with Gasteiger partial charge in [0.15, 0.2) is 5.78 Å². The average molecular weight is 421 g/mol. The van der Waals surface area contributed by atoms with Crippen LogP contribution < -0.4 is 0 Å². The van der Waals surface area contributed by atoms with Crippen LogP contribution in [0.1, 0.15) is 107 Å². The highest BCUT2D eigenvalue weighted by molar-refractivity contribution is 6.08. The molecule has 31 heavy (non-hydrogen) atoms. The van der Waals surface area contributed by atoms with Gasteiger partial charge in [-0.2, -0.15) is 0 Å². The number of carbonyl (C=O) groups is 2. The Kier molecular flexibility index (Phi) is 11.9. The number of benzene rings is 2. The Bertz CT molecular complexity index is 771. The van der Waals surface area contributed by atoms with Crippen molar-refractivity contribution < 1.29 is 9.59 Å². The first kappa shape index (κ1) is 25.0. The van der Waals surface area contributed by atoms with Gasteiger partial charge in [0.05, 0.1) is 6.42 Å². The van der Waals surface area contributed by atoms with Gasteiger partial charge in [-0.25, -0.2) is 0 Å². The molecule has 2 heteroatoms. The molecular weight excluding hydrogens is 380 g/mol. The number of hydrogen-bond acceptors (Lipinski definition) is 2. The van der Waals surface area contributed by atoms with E-state index in [4.69, 9.17) is 0 Å². The van der Waals surface area contributed by atoms with Crippen LogP contribution in [-0.4, -0.2) is 11.6 Å². The van der Waals surface area contributed by atoms with Crippen molar-refractivity contribution in [3.05, 3.63) is 59.7 Å². The van der Waals surface area contributed by atoms with Crippen molar-refractivity contribution in [3.63, 3.8) is 0 Å². The molecule has 0 N–H and O–H groups in total. The summed E-state index contributed by atoms with van der Waals surface area (Å²) < 4.78 is 0. The van der Waals surface area contributed by atoms with Gasteiger partial charge in [-0.3, -0.25) is 9.59 Å². The quantitative estimate of drug-likeness (QED) is 0.155. The highest BCUT2D eigenvalue weighted by atomic mass is 16.1. The first-order valence-electron chi connectivity index (χ1n) is 12.4. The second kappa shape index (κ2) is 14.7. The monoisotopic (exact) mass is 420 g/mol. The van der Waals surface area contributed by atoms with Gasteiger partial charge in [-0.15, -0.1) is 0 Å². The molecule has 0 radical (unpaired) electrons. The summed E-state index contributed by atoms with van der Waals surface area (Å²) in [5, 5.41) is 0. The van der Waals surface area contributed by atoms with Gasteiger partial charge >= 0.3 is 0 Å².